The number of likely N-dealkylation sites (N-methyl/N-ethyl adjacent to an activating group) is 1. The van der Waals surface area contributed by atoms with Gasteiger partial charge in [0.15, 0.2) is 0 Å². The number of alkyl halides is 2. The molecule has 1 amide bonds. The number of carboxylic acids is 1. The Morgan fingerprint density at radius 2 is 1.78 bits per heavy atom. The largest absolute Gasteiger partial charge is 0.490 e. The van der Waals surface area contributed by atoms with Crippen LogP contribution in [0.2, 0.25) is 0 Å². The summed E-state index contributed by atoms with van der Waals surface area (Å²) in [5.74, 6) is -4.10. The highest BCUT2D eigenvalue weighted by Crippen LogP contribution is 2.48. The minimum Gasteiger partial charge on any atom is -0.490 e. The fraction of sp³-hybridized carbons (Fsp3) is 0.486. The Kier molecular flexibility index (Phi) is 10.7. The number of nitrogens with zero attached hydrogens (tertiary/aromatic N) is 2. The minimum absolute atomic E-state index is 0.0350. The number of carboxylic acid groups (broad SMARTS) is 1. The second-order valence-electron chi connectivity index (χ2n) is 13.1. The van der Waals surface area contributed by atoms with E-state index in [1.165, 1.54) is 23.5 Å². The summed E-state index contributed by atoms with van der Waals surface area (Å²) in [6, 6.07) is 13.9. The summed E-state index contributed by atoms with van der Waals surface area (Å²) in [5.41, 5.74) is 1.47. The van der Waals surface area contributed by atoms with Gasteiger partial charge in [0, 0.05) is 67.7 Å². The van der Waals surface area contributed by atoms with Crippen molar-refractivity contribution < 1.29 is 46.1 Å². The molecule has 1 aliphatic heterocycles. The molecule has 2 N–H and O–H groups in total. The molecule has 0 bridgehead atoms. The molecular formula is C35H41F2N3O8S2. The molecule has 2 aliphatic carbocycles. The number of thiophene rings is 1. The highest BCUT2D eigenvalue weighted by Gasteiger charge is 2.46. The average molecular weight is 734 g/mol. The first kappa shape index (κ1) is 36.0. The third-order valence-electron chi connectivity index (χ3n) is 9.71. The first-order valence-electron chi connectivity index (χ1n) is 16.7. The van der Waals surface area contributed by atoms with E-state index in [4.69, 9.17) is 14.2 Å². The van der Waals surface area contributed by atoms with Crippen LogP contribution < -0.4 is 15.0 Å². The molecule has 0 spiro atoms. The van der Waals surface area contributed by atoms with E-state index in [1.807, 2.05) is 35.2 Å². The molecule has 2 heterocycles. The number of aromatic carboxylic acids is 1. The van der Waals surface area contributed by atoms with Crippen LogP contribution >= 0.6 is 11.3 Å². The van der Waals surface area contributed by atoms with Crippen molar-refractivity contribution in [3.05, 3.63) is 53.4 Å². The standard InChI is InChI=1S/C35H41F2N3O8S2/c1-39-28(23-9-5-3-6-10-23)20-40(24-11-7-4-8-12-24)27-17-29(47-14-13-46-2)25(15-31(27)50(39,44)45)30-16-26(32(49-30)33(41)42)38-34(43)48-21-22-18-35(36,37)19-22/h4,7-8,11-12,15-17,22-23,28H,3,5-6,9-10,13-14,18-21H2,1-2H3,(H,38,43)(H,41,42)/t28-/m0/s1. The van der Waals surface area contributed by atoms with Gasteiger partial charge in [0.05, 0.1) is 24.6 Å². The molecule has 3 aromatic rings. The Labute approximate surface area is 294 Å². The maximum Gasteiger partial charge on any atom is 0.411 e. The van der Waals surface area contributed by atoms with Crippen LogP contribution in [-0.4, -0.2) is 82.4 Å². The first-order valence-corrected chi connectivity index (χ1v) is 18.9. The average Bonchev–Trinajstić information content (AvgIpc) is 3.47. The van der Waals surface area contributed by atoms with E-state index in [0.717, 1.165) is 49.1 Å². The normalized spacial score (nSPS) is 20.7. The number of carbonyl (C=O) groups excluding carboxylic acids is 1. The minimum atomic E-state index is -4.07. The summed E-state index contributed by atoms with van der Waals surface area (Å²) < 4.78 is 73.6. The number of halogens is 2. The summed E-state index contributed by atoms with van der Waals surface area (Å²) in [6.07, 6.45) is 3.32. The number of anilines is 3. The van der Waals surface area contributed by atoms with Crippen molar-refractivity contribution in [3.63, 3.8) is 0 Å². The lowest BCUT2D eigenvalue weighted by Gasteiger charge is -2.36. The number of para-hydroxylation sites is 1. The van der Waals surface area contributed by atoms with Crippen LogP contribution in [0.1, 0.15) is 54.6 Å². The quantitative estimate of drug-likeness (QED) is 0.193. The van der Waals surface area contributed by atoms with E-state index >= 15 is 0 Å². The Balaban J connectivity index is 1.42. The number of fused-ring (bicyclic) bond motifs is 1. The third kappa shape index (κ3) is 7.60. The van der Waals surface area contributed by atoms with Crippen LogP contribution in [0.4, 0.5) is 30.6 Å². The van der Waals surface area contributed by atoms with Gasteiger partial charge in [0.25, 0.3) is 0 Å². The zero-order valence-corrected chi connectivity index (χ0v) is 29.5. The molecule has 0 saturated heterocycles. The van der Waals surface area contributed by atoms with Crippen molar-refractivity contribution in [2.45, 2.75) is 61.8 Å². The Bertz CT molecular complexity index is 1810. The van der Waals surface area contributed by atoms with Crippen molar-refractivity contribution in [2.24, 2.45) is 11.8 Å². The Morgan fingerprint density at radius 3 is 2.44 bits per heavy atom. The molecule has 0 unspecified atom stereocenters. The Hall–Kier alpha value is -3.79. The van der Waals surface area contributed by atoms with Gasteiger partial charge in [-0.05, 0) is 43.0 Å². The van der Waals surface area contributed by atoms with Crippen molar-refractivity contribution in [1.29, 1.82) is 0 Å². The molecule has 270 valence electrons. The number of nitrogens with one attached hydrogen (secondary N) is 1. The lowest BCUT2D eigenvalue weighted by atomic mass is 9.82. The second kappa shape index (κ2) is 14.8. The van der Waals surface area contributed by atoms with Gasteiger partial charge in [0.1, 0.15) is 22.1 Å². The number of benzene rings is 2. The maximum atomic E-state index is 14.6. The van der Waals surface area contributed by atoms with Crippen LogP contribution in [-0.2, 0) is 19.5 Å². The molecule has 3 aliphatic rings. The SMILES string of the molecule is COCCOc1cc2c(cc1-c1cc(NC(=O)OCC3CC(F)(F)C3)c(C(=O)O)s1)S(=O)(=O)N(C)[C@H](C1CCCCC1)CN2c1ccccc1. The smallest absolute Gasteiger partial charge is 0.411 e. The van der Waals surface area contributed by atoms with Gasteiger partial charge in [-0.15, -0.1) is 11.3 Å². The van der Waals surface area contributed by atoms with Crippen molar-refractivity contribution in [3.8, 4) is 16.2 Å². The van der Waals surface area contributed by atoms with Gasteiger partial charge >= 0.3 is 12.1 Å². The van der Waals surface area contributed by atoms with Crippen LogP contribution in [0.5, 0.6) is 5.75 Å². The topological polar surface area (TPSA) is 135 Å². The number of hydrogen-bond acceptors (Lipinski definition) is 9. The summed E-state index contributed by atoms with van der Waals surface area (Å²) >= 11 is 0.831. The first-order chi connectivity index (χ1) is 23.9. The van der Waals surface area contributed by atoms with Gasteiger partial charge in [-0.3, -0.25) is 5.32 Å². The predicted octanol–water partition coefficient (Wildman–Crippen LogP) is 7.45. The summed E-state index contributed by atoms with van der Waals surface area (Å²) in [5, 5.41) is 12.5. The van der Waals surface area contributed by atoms with Crippen LogP contribution in [0.3, 0.4) is 0 Å². The van der Waals surface area contributed by atoms with E-state index in [-0.39, 0.29) is 60.1 Å². The van der Waals surface area contributed by atoms with Crippen LogP contribution in [0.15, 0.2) is 53.4 Å². The van der Waals surface area contributed by atoms with Gasteiger partial charge in [-0.2, -0.15) is 4.31 Å². The summed E-state index contributed by atoms with van der Waals surface area (Å²) in [6.45, 7) is 0.555. The molecule has 11 nitrogen and oxygen atoms in total. The predicted molar refractivity (Wildman–Crippen MR) is 185 cm³/mol. The number of methoxy groups -OCH3 is 1. The number of sulfonamides is 1. The van der Waals surface area contributed by atoms with Gasteiger partial charge < -0.3 is 24.2 Å². The molecule has 0 radical (unpaired) electrons. The monoisotopic (exact) mass is 733 g/mol. The van der Waals surface area contributed by atoms with Crippen molar-refractivity contribution >= 4 is 50.5 Å². The molecular weight excluding hydrogens is 693 g/mol. The third-order valence-corrected chi connectivity index (χ3v) is 12.8. The van der Waals surface area contributed by atoms with E-state index in [9.17, 15) is 31.9 Å². The molecule has 15 heteroatoms. The van der Waals surface area contributed by atoms with Crippen molar-refractivity contribution in [1.82, 2.24) is 4.31 Å². The highest BCUT2D eigenvalue weighted by molar-refractivity contribution is 7.89. The number of rotatable bonds is 11. The number of carbonyl (C=O) groups is 2. The summed E-state index contributed by atoms with van der Waals surface area (Å²) in [4.78, 5) is 27.1. The van der Waals surface area contributed by atoms with Gasteiger partial charge in [-0.25, -0.2) is 26.8 Å². The number of ether oxygens (including phenoxy) is 3. The molecule has 1 aromatic heterocycles. The lowest BCUT2D eigenvalue weighted by molar-refractivity contribution is -0.121. The second-order valence-corrected chi connectivity index (χ2v) is 16.1. The number of hydrogen-bond donors (Lipinski definition) is 2. The fourth-order valence-corrected chi connectivity index (χ4v) is 9.66. The van der Waals surface area contributed by atoms with E-state index in [0.29, 0.717) is 28.4 Å². The van der Waals surface area contributed by atoms with Crippen molar-refractivity contribution in [2.75, 3.05) is 50.7 Å². The van der Waals surface area contributed by atoms with E-state index < -0.39 is 33.9 Å². The van der Waals surface area contributed by atoms with Gasteiger partial charge in [-0.1, -0.05) is 37.5 Å². The highest BCUT2D eigenvalue weighted by atomic mass is 32.2. The van der Waals surface area contributed by atoms with Crippen LogP contribution in [0.25, 0.3) is 10.4 Å². The zero-order valence-electron chi connectivity index (χ0n) is 27.9. The molecule has 2 aromatic carbocycles. The Morgan fingerprint density at radius 1 is 1.06 bits per heavy atom. The number of amides is 1. The molecule has 2 saturated carbocycles. The summed E-state index contributed by atoms with van der Waals surface area (Å²) in [7, 11) is -0.919. The molecule has 1 atom stereocenters. The zero-order chi connectivity index (χ0) is 35.6. The van der Waals surface area contributed by atoms with Crippen LogP contribution in [0, 0.1) is 11.8 Å². The van der Waals surface area contributed by atoms with E-state index in [1.54, 1.807) is 13.1 Å². The van der Waals surface area contributed by atoms with Gasteiger partial charge in [0.2, 0.25) is 15.9 Å². The van der Waals surface area contributed by atoms with E-state index in [2.05, 4.69) is 5.32 Å². The molecule has 2 fully saturated rings. The maximum absolute atomic E-state index is 14.6. The fourth-order valence-electron chi connectivity index (χ4n) is 7.08. The molecule has 6 rings (SSSR count). The lowest BCUT2D eigenvalue weighted by Crippen LogP contribution is -2.46. The molecule has 50 heavy (non-hydrogen) atoms.